The number of hydrogen-bond donors (Lipinski definition) is 1. The first-order chi connectivity index (χ1) is 11.5. The van der Waals surface area contributed by atoms with E-state index in [1.165, 1.54) is 0 Å². The van der Waals surface area contributed by atoms with Gasteiger partial charge in [-0.3, -0.25) is 4.79 Å². The van der Waals surface area contributed by atoms with Gasteiger partial charge in [-0.1, -0.05) is 6.07 Å². The van der Waals surface area contributed by atoms with E-state index in [1.54, 1.807) is 18.2 Å². The zero-order chi connectivity index (χ0) is 18.4. The number of carbonyl (C=O) groups excluding carboxylic acids is 1. The van der Waals surface area contributed by atoms with Crippen LogP contribution in [0.2, 0.25) is 0 Å². The summed E-state index contributed by atoms with van der Waals surface area (Å²) in [5.41, 5.74) is 0.990. The monoisotopic (exact) mass is 354 g/mol. The van der Waals surface area contributed by atoms with Crippen LogP contribution in [0.5, 0.6) is 5.75 Å². The molecule has 0 radical (unpaired) electrons. The van der Waals surface area contributed by atoms with Gasteiger partial charge in [0.25, 0.3) is 5.92 Å². The van der Waals surface area contributed by atoms with E-state index in [-0.39, 0.29) is 25.4 Å². The van der Waals surface area contributed by atoms with Crippen LogP contribution in [0, 0.1) is 11.8 Å². The van der Waals surface area contributed by atoms with E-state index in [1.807, 2.05) is 20.8 Å². The summed E-state index contributed by atoms with van der Waals surface area (Å²) in [6.07, 6.45) is -0.154. The molecule has 0 aromatic heterocycles. The maximum absolute atomic E-state index is 12.9. The van der Waals surface area contributed by atoms with Crippen molar-refractivity contribution in [2.45, 2.75) is 57.7 Å². The molecule has 1 aromatic rings. The lowest BCUT2D eigenvalue weighted by atomic mass is 9.82. The molecule has 1 fully saturated rings. The second kappa shape index (κ2) is 6.24. The molecular weight excluding hydrogens is 330 g/mol. The Balaban J connectivity index is 1.65. The van der Waals surface area contributed by atoms with Crippen LogP contribution in [-0.4, -0.2) is 29.2 Å². The van der Waals surface area contributed by atoms with Gasteiger partial charge in [0.15, 0.2) is 0 Å². The van der Waals surface area contributed by atoms with Gasteiger partial charge in [0.1, 0.15) is 11.4 Å². The Morgan fingerprint density at radius 1 is 1.36 bits per heavy atom. The van der Waals surface area contributed by atoms with Crippen molar-refractivity contribution >= 4 is 5.97 Å². The van der Waals surface area contributed by atoms with E-state index in [0.717, 1.165) is 5.56 Å². The second-order valence-electron chi connectivity index (χ2n) is 8.02. The van der Waals surface area contributed by atoms with Crippen molar-refractivity contribution in [2.24, 2.45) is 11.8 Å². The Morgan fingerprint density at radius 3 is 2.64 bits per heavy atom. The number of aliphatic hydroxyl groups is 1. The molecule has 25 heavy (non-hydrogen) atoms. The van der Waals surface area contributed by atoms with E-state index in [0.29, 0.717) is 17.7 Å². The highest BCUT2D eigenvalue weighted by Crippen LogP contribution is 2.48. The van der Waals surface area contributed by atoms with Gasteiger partial charge < -0.3 is 14.6 Å². The smallest absolute Gasteiger partial charge is 0.309 e. The van der Waals surface area contributed by atoms with Crippen molar-refractivity contribution in [3.05, 3.63) is 29.3 Å². The molecule has 138 valence electrons. The van der Waals surface area contributed by atoms with Crippen molar-refractivity contribution in [2.75, 3.05) is 6.61 Å². The van der Waals surface area contributed by atoms with E-state index >= 15 is 0 Å². The molecule has 3 rings (SSSR count). The molecule has 6 heteroatoms. The molecule has 4 nitrogen and oxygen atoms in total. The maximum Gasteiger partial charge on any atom is 0.309 e. The normalized spacial score (nSPS) is 27.4. The first-order valence-electron chi connectivity index (χ1n) is 8.59. The van der Waals surface area contributed by atoms with Gasteiger partial charge in [-0.15, -0.1) is 0 Å². The van der Waals surface area contributed by atoms with E-state index < -0.39 is 29.5 Å². The van der Waals surface area contributed by atoms with Gasteiger partial charge in [0, 0.05) is 6.42 Å². The van der Waals surface area contributed by atoms with Crippen LogP contribution in [0.1, 0.15) is 50.8 Å². The fourth-order valence-corrected chi connectivity index (χ4v) is 3.12. The third-order valence-electron chi connectivity index (χ3n) is 4.60. The highest BCUT2D eigenvalue weighted by molar-refractivity contribution is 5.74. The second-order valence-corrected chi connectivity index (χ2v) is 8.02. The molecule has 0 aliphatic heterocycles. The Kier molecular flexibility index (Phi) is 4.52. The Labute approximate surface area is 146 Å². The van der Waals surface area contributed by atoms with Gasteiger partial charge >= 0.3 is 5.97 Å². The summed E-state index contributed by atoms with van der Waals surface area (Å²) in [5, 5.41) is 10.4. The summed E-state index contributed by atoms with van der Waals surface area (Å²) in [7, 11) is 0. The molecular formula is C19H24F2O4. The molecule has 2 aliphatic carbocycles. The van der Waals surface area contributed by atoms with Gasteiger partial charge in [-0.05, 0) is 56.9 Å². The first-order valence-corrected chi connectivity index (χ1v) is 8.59. The summed E-state index contributed by atoms with van der Waals surface area (Å²) in [4.78, 5) is 12.3. The number of aliphatic hydroxyl groups excluding tert-OH is 1. The van der Waals surface area contributed by atoms with E-state index in [4.69, 9.17) is 9.47 Å². The van der Waals surface area contributed by atoms with Crippen LogP contribution in [0.4, 0.5) is 8.78 Å². The van der Waals surface area contributed by atoms with Gasteiger partial charge in [0.2, 0.25) is 0 Å². The van der Waals surface area contributed by atoms with Gasteiger partial charge in [-0.25, -0.2) is 8.78 Å². The number of esters is 1. The summed E-state index contributed by atoms with van der Waals surface area (Å²) in [6, 6.07) is 5.17. The number of alkyl halides is 2. The lowest BCUT2D eigenvalue weighted by Crippen LogP contribution is -2.32. The molecule has 1 aromatic carbocycles. The Bertz CT molecular complexity index is 666. The number of hydrogen-bond acceptors (Lipinski definition) is 4. The van der Waals surface area contributed by atoms with Crippen LogP contribution in [0.3, 0.4) is 0 Å². The van der Waals surface area contributed by atoms with Crippen LogP contribution in [0.15, 0.2) is 18.2 Å². The minimum absolute atomic E-state index is 0.0254. The zero-order valence-electron chi connectivity index (χ0n) is 14.7. The maximum atomic E-state index is 12.9. The molecule has 0 heterocycles. The first kappa shape index (κ1) is 18.1. The number of benzene rings is 1. The highest BCUT2D eigenvalue weighted by atomic mass is 19.3. The molecule has 3 atom stereocenters. The fourth-order valence-electron chi connectivity index (χ4n) is 3.12. The lowest BCUT2D eigenvalue weighted by Gasteiger charge is -2.30. The average molecular weight is 354 g/mol. The molecule has 0 amide bonds. The zero-order valence-corrected chi connectivity index (χ0v) is 14.7. The number of fused-ring (bicyclic) bond motifs is 1. The predicted molar refractivity (Wildman–Crippen MR) is 87.6 cm³/mol. The van der Waals surface area contributed by atoms with Crippen LogP contribution >= 0.6 is 0 Å². The lowest BCUT2D eigenvalue weighted by molar-refractivity contribution is -0.161. The SMILES string of the molecule is CC(C)(C)OC(=O)C1Cc2ccc(OCC3CC3(F)F)cc2C(O)C1. The Hall–Kier alpha value is -1.69. The summed E-state index contributed by atoms with van der Waals surface area (Å²) in [5.74, 6) is -3.55. The predicted octanol–water partition coefficient (Wildman–Crippen LogP) is 3.66. The molecule has 0 saturated heterocycles. The van der Waals surface area contributed by atoms with E-state index in [9.17, 15) is 18.7 Å². The summed E-state index contributed by atoms with van der Waals surface area (Å²) < 4.78 is 36.7. The van der Waals surface area contributed by atoms with Crippen molar-refractivity contribution in [3.63, 3.8) is 0 Å². The minimum Gasteiger partial charge on any atom is -0.493 e. The molecule has 1 N–H and O–H groups in total. The van der Waals surface area contributed by atoms with Gasteiger partial charge in [0.05, 0.1) is 24.5 Å². The van der Waals surface area contributed by atoms with Crippen LogP contribution in [-0.2, 0) is 16.0 Å². The third kappa shape index (κ3) is 4.29. The van der Waals surface area contributed by atoms with Crippen LogP contribution in [0.25, 0.3) is 0 Å². The van der Waals surface area contributed by atoms with Crippen molar-refractivity contribution in [3.8, 4) is 5.75 Å². The summed E-state index contributed by atoms with van der Waals surface area (Å²) >= 11 is 0. The third-order valence-corrected chi connectivity index (χ3v) is 4.60. The standard InChI is InChI=1S/C19H24F2O4/c1-18(2,3)25-17(23)12-6-11-4-5-14(8-15(11)16(22)7-12)24-10-13-9-19(13,20)21/h4-5,8,12-13,16,22H,6-7,9-10H2,1-3H3. The quantitative estimate of drug-likeness (QED) is 0.839. The van der Waals surface area contributed by atoms with E-state index in [2.05, 4.69) is 0 Å². The van der Waals surface area contributed by atoms with Gasteiger partial charge in [-0.2, -0.15) is 0 Å². The van der Waals surface area contributed by atoms with Crippen molar-refractivity contribution in [1.82, 2.24) is 0 Å². The topological polar surface area (TPSA) is 55.8 Å². The molecule has 0 bridgehead atoms. The molecule has 2 aliphatic rings. The van der Waals surface area contributed by atoms with Crippen molar-refractivity contribution in [1.29, 1.82) is 0 Å². The largest absolute Gasteiger partial charge is 0.493 e. The number of rotatable bonds is 4. The minimum atomic E-state index is -2.60. The Morgan fingerprint density at radius 2 is 2.04 bits per heavy atom. The summed E-state index contributed by atoms with van der Waals surface area (Å²) in [6.45, 7) is 5.41. The molecule has 3 unspecified atom stereocenters. The fraction of sp³-hybridized carbons (Fsp3) is 0.632. The van der Waals surface area contributed by atoms with Crippen LogP contribution < -0.4 is 4.74 Å². The number of ether oxygens (including phenoxy) is 2. The average Bonchev–Trinajstić information content (AvgIpc) is 3.10. The van der Waals surface area contributed by atoms with Crippen molar-refractivity contribution < 1.29 is 28.2 Å². The highest BCUT2D eigenvalue weighted by Gasteiger charge is 2.57. The number of halogens is 2. The molecule has 0 spiro atoms. The molecule has 1 saturated carbocycles. The number of carbonyl (C=O) groups is 1.